The van der Waals surface area contributed by atoms with E-state index in [9.17, 15) is 4.79 Å². The zero-order chi connectivity index (χ0) is 9.40. The second kappa shape index (κ2) is 7.04. The van der Waals surface area contributed by atoms with E-state index >= 15 is 0 Å². The van der Waals surface area contributed by atoms with E-state index in [4.69, 9.17) is 4.74 Å². The van der Waals surface area contributed by atoms with E-state index in [0.717, 1.165) is 6.42 Å². The lowest BCUT2D eigenvalue weighted by Crippen LogP contribution is -2.16. The zero-order valence-electron chi connectivity index (χ0n) is 8.17. The van der Waals surface area contributed by atoms with Gasteiger partial charge in [-0.25, -0.2) is 0 Å². The zero-order valence-corrected chi connectivity index (χ0v) is 8.17. The number of rotatable bonds is 6. The molecule has 70 valence electrons. The number of hydrogen-bond donors (Lipinski definition) is 0. The molecule has 0 radical (unpaired) electrons. The lowest BCUT2D eigenvalue weighted by Gasteiger charge is -2.06. The van der Waals surface area contributed by atoms with E-state index < -0.39 is 0 Å². The van der Waals surface area contributed by atoms with E-state index in [1.807, 2.05) is 32.9 Å². The number of carbonyl (C=O) groups excluding carboxylic acids is 1. The number of ether oxygens (including phenoxy) is 1. The quantitative estimate of drug-likeness (QED) is 0.451. The van der Waals surface area contributed by atoms with Gasteiger partial charge in [-0.15, -0.1) is 0 Å². The summed E-state index contributed by atoms with van der Waals surface area (Å²) in [7, 11) is 0. The maximum Gasteiger partial charge on any atom is 0.161 e. The van der Waals surface area contributed by atoms with Crippen molar-refractivity contribution in [3.05, 3.63) is 12.2 Å². The number of allylic oxidation sites excluding steroid dienone is 1. The highest BCUT2D eigenvalue weighted by Crippen LogP contribution is 2.01. The number of hydrogen-bond acceptors (Lipinski definition) is 2. The second-order valence-corrected chi connectivity index (χ2v) is 2.86. The summed E-state index contributed by atoms with van der Waals surface area (Å²) in [5.41, 5.74) is 0. The molecule has 0 aliphatic rings. The van der Waals surface area contributed by atoms with Crippen LogP contribution in [0.5, 0.6) is 0 Å². The minimum Gasteiger partial charge on any atom is -0.370 e. The van der Waals surface area contributed by atoms with Gasteiger partial charge >= 0.3 is 0 Å². The summed E-state index contributed by atoms with van der Waals surface area (Å²) in [6.45, 7) is 6.66. The minimum absolute atomic E-state index is 0.135. The molecular weight excluding hydrogens is 152 g/mol. The fourth-order valence-corrected chi connectivity index (χ4v) is 0.694. The van der Waals surface area contributed by atoms with Crippen LogP contribution in [0.3, 0.4) is 0 Å². The molecule has 2 heteroatoms. The van der Waals surface area contributed by atoms with Gasteiger partial charge in [0.1, 0.15) is 6.61 Å². The van der Waals surface area contributed by atoms with Crippen LogP contribution in [0.15, 0.2) is 12.2 Å². The molecule has 0 saturated carbocycles. The summed E-state index contributed by atoms with van der Waals surface area (Å²) in [5.74, 6) is 0.331. The van der Waals surface area contributed by atoms with Gasteiger partial charge in [0.2, 0.25) is 0 Å². The highest BCUT2D eigenvalue weighted by Gasteiger charge is 2.09. The molecule has 1 unspecified atom stereocenters. The summed E-state index contributed by atoms with van der Waals surface area (Å²) in [6, 6.07) is 0. The molecule has 0 aliphatic heterocycles. The molecule has 1 atom stereocenters. The summed E-state index contributed by atoms with van der Waals surface area (Å²) in [5, 5.41) is 0. The first-order valence-electron chi connectivity index (χ1n) is 4.44. The highest BCUT2D eigenvalue weighted by molar-refractivity contribution is 5.81. The minimum atomic E-state index is 0.135. The number of ketones is 1. The van der Waals surface area contributed by atoms with Crippen molar-refractivity contribution in [1.82, 2.24) is 0 Å². The van der Waals surface area contributed by atoms with Gasteiger partial charge in [-0.1, -0.05) is 26.0 Å². The molecule has 0 fully saturated rings. The maximum atomic E-state index is 11.2. The lowest BCUT2D eigenvalue weighted by atomic mass is 10.1. The summed E-state index contributed by atoms with van der Waals surface area (Å²) < 4.78 is 5.12. The van der Waals surface area contributed by atoms with Crippen LogP contribution in [0.1, 0.15) is 27.2 Å². The second-order valence-electron chi connectivity index (χ2n) is 2.86. The van der Waals surface area contributed by atoms with E-state index in [0.29, 0.717) is 6.61 Å². The molecule has 0 aromatic rings. The van der Waals surface area contributed by atoms with Gasteiger partial charge in [0.05, 0.1) is 6.61 Å². The Morgan fingerprint density at radius 3 is 2.75 bits per heavy atom. The maximum absolute atomic E-state index is 11.2. The van der Waals surface area contributed by atoms with Crippen LogP contribution in [0.2, 0.25) is 0 Å². The summed E-state index contributed by atoms with van der Waals surface area (Å²) in [6.07, 6.45) is 4.70. The standard InChI is InChI=1S/C10H18O2/c1-4-6-7-12-8-10(11)9(3)5-2/h4,6,9H,5,7-8H2,1-3H3. The molecule has 0 saturated heterocycles. The van der Waals surface area contributed by atoms with E-state index in [1.165, 1.54) is 0 Å². The topological polar surface area (TPSA) is 26.3 Å². The van der Waals surface area contributed by atoms with Crippen LogP contribution < -0.4 is 0 Å². The van der Waals surface area contributed by atoms with Crippen molar-refractivity contribution in [2.24, 2.45) is 5.92 Å². The third-order valence-corrected chi connectivity index (χ3v) is 1.86. The van der Waals surface area contributed by atoms with Crippen molar-refractivity contribution in [3.63, 3.8) is 0 Å². The number of carbonyl (C=O) groups is 1. The SMILES string of the molecule is CC=CCOCC(=O)C(C)CC. The smallest absolute Gasteiger partial charge is 0.161 e. The lowest BCUT2D eigenvalue weighted by molar-refractivity contribution is -0.126. The van der Waals surface area contributed by atoms with Gasteiger partial charge in [0, 0.05) is 5.92 Å². The van der Waals surface area contributed by atoms with Crippen molar-refractivity contribution < 1.29 is 9.53 Å². The number of Topliss-reactive ketones (excluding diaryl/α,β-unsaturated/α-hetero) is 1. The van der Waals surface area contributed by atoms with E-state index in [-0.39, 0.29) is 18.3 Å². The normalized spacial score (nSPS) is 13.6. The molecule has 2 nitrogen and oxygen atoms in total. The first kappa shape index (κ1) is 11.4. The van der Waals surface area contributed by atoms with Crippen molar-refractivity contribution >= 4 is 5.78 Å². The summed E-state index contributed by atoms with van der Waals surface area (Å²) in [4.78, 5) is 11.2. The molecule has 0 rings (SSSR count). The molecule has 0 bridgehead atoms. The van der Waals surface area contributed by atoms with Crippen LogP contribution in [0.25, 0.3) is 0 Å². The Morgan fingerprint density at radius 2 is 2.25 bits per heavy atom. The Hall–Kier alpha value is -0.630. The van der Waals surface area contributed by atoms with Crippen molar-refractivity contribution in [1.29, 1.82) is 0 Å². The van der Waals surface area contributed by atoms with Crippen LogP contribution in [0, 0.1) is 5.92 Å². The molecule has 0 amide bonds. The molecule has 0 aromatic carbocycles. The first-order chi connectivity index (χ1) is 5.72. The van der Waals surface area contributed by atoms with Crippen LogP contribution in [-0.2, 0) is 9.53 Å². The summed E-state index contributed by atoms with van der Waals surface area (Å²) >= 11 is 0. The fourth-order valence-electron chi connectivity index (χ4n) is 0.694. The molecule has 0 heterocycles. The Morgan fingerprint density at radius 1 is 1.58 bits per heavy atom. The van der Waals surface area contributed by atoms with Gasteiger partial charge in [-0.05, 0) is 13.3 Å². The molecule has 12 heavy (non-hydrogen) atoms. The Kier molecular flexibility index (Phi) is 6.67. The third kappa shape index (κ3) is 5.08. The van der Waals surface area contributed by atoms with Crippen molar-refractivity contribution in [2.75, 3.05) is 13.2 Å². The van der Waals surface area contributed by atoms with Gasteiger partial charge in [-0.2, -0.15) is 0 Å². The average Bonchev–Trinajstić information content (AvgIpc) is 2.10. The first-order valence-corrected chi connectivity index (χ1v) is 4.44. The van der Waals surface area contributed by atoms with Gasteiger partial charge in [0.25, 0.3) is 0 Å². The fraction of sp³-hybridized carbons (Fsp3) is 0.700. The van der Waals surface area contributed by atoms with Crippen molar-refractivity contribution in [3.8, 4) is 0 Å². The molecule has 0 aliphatic carbocycles. The average molecular weight is 170 g/mol. The Labute approximate surface area is 74.6 Å². The Bertz CT molecular complexity index is 150. The van der Waals surface area contributed by atoms with Crippen LogP contribution in [-0.4, -0.2) is 19.0 Å². The predicted octanol–water partition coefficient (Wildman–Crippen LogP) is 2.19. The molecule has 0 N–H and O–H groups in total. The highest BCUT2D eigenvalue weighted by atomic mass is 16.5. The predicted molar refractivity (Wildman–Crippen MR) is 50.1 cm³/mol. The van der Waals surface area contributed by atoms with Crippen molar-refractivity contribution in [2.45, 2.75) is 27.2 Å². The molecule has 0 spiro atoms. The van der Waals surface area contributed by atoms with Gasteiger partial charge in [0.15, 0.2) is 5.78 Å². The van der Waals surface area contributed by atoms with Crippen LogP contribution in [0.4, 0.5) is 0 Å². The van der Waals surface area contributed by atoms with Crippen LogP contribution >= 0.6 is 0 Å². The van der Waals surface area contributed by atoms with E-state index in [2.05, 4.69) is 0 Å². The third-order valence-electron chi connectivity index (χ3n) is 1.86. The van der Waals surface area contributed by atoms with Gasteiger partial charge < -0.3 is 4.74 Å². The van der Waals surface area contributed by atoms with Gasteiger partial charge in [-0.3, -0.25) is 4.79 Å². The van der Waals surface area contributed by atoms with E-state index in [1.54, 1.807) is 0 Å². The Balaban J connectivity index is 3.43. The monoisotopic (exact) mass is 170 g/mol. The largest absolute Gasteiger partial charge is 0.370 e. The molecular formula is C10H18O2. The molecule has 0 aromatic heterocycles.